The fraction of sp³-hybridized carbons (Fsp3) is 0.333. The third kappa shape index (κ3) is 2.50. The zero-order valence-corrected chi connectivity index (χ0v) is 12.0. The van der Waals surface area contributed by atoms with Crippen LogP contribution in [0.2, 0.25) is 0 Å². The third-order valence-corrected chi connectivity index (χ3v) is 3.57. The van der Waals surface area contributed by atoms with Gasteiger partial charge in [-0.05, 0) is 18.6 Å². The highest BCUT2D eigenvalue weighted by Gasteiger charge is 2.23. The topological polar surface area (TPSA) is 77.0 Å². The lowest BCUT2D eigenvalue weighted by Gasteiger charge is -2.19. The van der Waals surface area contributed by atoms with Crippen molar-refractivity contribution in [2.75, 3.05) is 13.7 Å². The summed E-state index contributed by atoms with van der Waals surface area (Å²) in [6.45, 7) is 3.39. The summed E-state index contributed by atoms with van der Waals surface area (Å²) < 4.78 is 4.85. The van der Waals surface area contributed by atoms with Gasteiger partial charge in [-0.2, -0.15) is 0 Å². The highest BCUT2D eigenvalue weighted by molar-refractivity contribution is 5.89. The molecule has 108 valence electrons. The first-order valence-corrected chi connectivity index (χ1v) is 6.80. The number of carbonyl (C=O) groups is 1. The number of carbonyl (C=O) groups excluding carboxylic acids is 1. The Morgan fingerprint density at radius 2 is 2.24 bits per heavy atom. The first kappa shape index (κ1) is 13.6. The molecule has 2 aromatic heterocycles. The number of ether oxygens (including phenoxy) is 1. The Bertz CT molecular complexity index is 700. The number of hydrogen-bond acceptors (Lipinski definition) is 6. The average Bonchev–Trinajstić information content (AvgIpc) is 2.53. The molecule has 0 bridgehead atoms. The lowest BCUT2D eigenvalue weighted by molar-refractivity contribution is 0.0592. The molecule has 0 amide bonds. The molecule has 3 rings (SSSR count). The molecule has 0 aromatic carbocycles. The van der Waals surface area contributed by atoms with Crippen LogP contribution in [0.5, 0.6) is 0 Å². The van der Waals surface area contributed by atoms with Crippen LogP contribution in [0.3, 0.4) is 0 Å². The zero-order valence-electron chi connectivity index (χ0n) is 12.0. The van der Waals surface area contributed by atoms with Crippen molar-refractivity contribution in [1.82, 2.24) is 20.3 Å². The molecule has 3 heterocycles. The minimum atomic E-state index is -0.426. The molecule has 6 heteroatoms. The lowest BCUT2D eigenvalue weighted by Crippen LogP contribution is -2.28. The molecule has 0 saturated carbocycles. The van der Waals surface area contributed by atoms with Gasteiger partial charge in [0.15, 0.2) is 11.5 Å². The van der Waals surface area contributed by atoms with Crippen LogP contribution >= 0.6 is 0 Å². The number of rotatable bonds is 2. The number of pyridine rings is 1. The molecular formula is C15H16N4O2. The molecular weight excluding hydrogens is 268 g/mol. The van der Waals surface area contributed by atoms with Crippen molar-refractivity contribution in [1.29, 1.82) is 0 Å². The second-order valence-corrected chi connectivity index (χ2v) is 4.93. The SMILES string of the molecule is COC(=O)c1nc(-c2ccncc2C)nc2c1CNCC2. The fourth-order valence-corrected chi connectivity index (χ4v) is 2.45. The van der Waals surface area contributed by atoms with E-state index >= 15 is 0 Å². The predicted octanol–water partition coefficient (Wildman–Crippen LogP) is 1.28. The summed E-state index contributed by atoms with van der Waals surface area (Å²) >= 11 is 0. The first-order valence-electron chi connectivity index (χ1n) is 6.80. The summed E-state index contributed by atoms with van der Waals surface area (Å²) in [5.41, 5.74) is 3.96. The van der Waals surface area contributed by atoms with Crippen molar-refractivity contribution < 1.29 is 9.53 Å². The Morgan fingerprint density at radius 1 is 1.38 bits per heavy atom. The Balaban J connectivity index is 2.19. The smallest absolute Gasteiger partial charge is 0.357 e. The molecule has 0 spiro atoms. The molecule has 0 radical (unpaired) electrons. The minimum absolute atomic E-state index is 0.348. The Hall–Kier alpha value is -2.34. The van der Waals surface area contributed by atoms with Gasteiger partial charge in [0.05, 0.1) is 12.8 Å². The number of aryl methyl sites for hydroxylation is 1. The van der Waals surface area contributed by atoms with Gasteiger partial charge >= 0.3 is 5.97 Å². The molecule has 1 N–H and O–H groups in total. The summed E-state index contributed by atoms with van der Waals surface area (Å²) in [6.07, 6.45) is 4.24. The number of hydrogen-bond donors (Lipinski definition) is 1. The van der Waals surface area contributed by atoms with Crippen molar-refractivity contribution in [3.63, 3.8) is 0 Å². The molecule has 1 aliphatic rings. The van der Waals surface area contributed by atoms with Gasteiger partial charge in [-0.1, -0.05) is 0 Å². The molecule has 0 unspecified atom stereocenters. The maximum absolute atomic E-state index is 12.0. The summed E-state index contributed by atoms with van der Waals surface area (Å²) in [6, 6.07) is 1.86. The van der Waals surface area contributed by atoms with Crippen molar-refractivity contribution in [2.45, 2.75) is 19.9 Å². The van der Waals surface area contributed by atoms with Gasteiger partial charge in [0.2, 0.25) is 0 Å². The molecule has 2 aromatic rings. The van der Waals surface area contributed by atoms with E-state index in [9.17, 15) is 4.79 Å². The second kappa shape index (κ2) is 5.57. The van der Waals surface area contributed by atoms with Crippen LogP contribution < -0.4 is 5.32 Å². The third-order valence-electron chi connectivity index (χ3n) is 3.57. The van der Waals surface area contributed by atoms with E-state index in [0.29, 0.717) is 18.1 Å². The van der Waals surface area contributed by atoms with Crippen LogP contribution in [0.25, 0.3) is 11.4 Å². The number of nitrogens with one attached hydrogen (secondary N) is 1. The molecule has 21 heavy (non-hydrogen) atoms. The Kier molecular flexibility index (Phi) is 3.62. The average molecular weight is 284 g/mol. The molecule has 0 aliphatic carbocycles. The Labute approximate surface area is 122 Å². The number of esters is 1. The van der Waals surface area contributed by atoms with Gasteiger partial charge in [0, 0.05) is 43.0 Å². The maximum Gasteiger partial charge on any atom is 0.357 e. The molecule has 0 fully saturated rings. The summed E-state index contributed by atoms with van der Waals surface area (Å²) in [5, 5.41) is 3.23. The number of aromatic nitrogens is 3. The van der Waals surface area contributed by atoms with Crippen molar-refractivity contribution in [2.24, 2.45) is 0 Å². The second-order valence-electron chi connectivity index (χ2n) is 4.93. The van der Waals surface area contributed by atoms with E-state index < -0.39 is 5.97 Å². The van der Waals surface area contributed by atoms with Crippen LogP contribution in [0, 0.1) is 6.92 Å². The van der Waals surface area contributed by atoms with E-state index in [1.807, 2.05) is 13.0 Å². The van der Waals surface area contributed by atoms with Crippen LogP contribution in [0.4, 0.5) is 0 Å². The van der Waals surface area contributed by atoms with E-state index in [1.165, 1.54) is 7.11 Å². The summed E-state index contributed by atoms with van der Waals surface area (Å²) in [4.78, 5) is 25.1. The lowest BCUT2D eigenvalue weighted by atomic mass is 10.0. The van der Waals surface area contributed by atoms with Crippen molar-refractivity contribution in [3.05, 3.63) is 41.0 Å². The van der Waals surface area contributed by atoms with Crippen LogP contribution in [0.1, 0.15) is 27.3 Å². The Morgan fingerprint density at radius 3 is 3.00 bits per heavy atom. The van der Waals surface area contributed by atoms with Crippen molar-refractivity contribution >= 4 is 5.97 Å². The van der Waals surface area contributed by atoms with Gasteiger partial charge < -0.3 is 10.1 Å². The van der Waals surface area contributed by atoms with Gasteiger partial charge in [-0.15, -0.1) is 0 Å². The van der Waals surface area contributed by atoms with Crippen LogP contribution in [0.15, 0.2) is 18.5 Å². The van der Waals surface area contributed by atoms with E-state index in [4.69, 9.17) is 4.74 Å². The molecule has 0 atom stereocenters. The van der Waals surface area contributed by atoms with Gasteiger partial charge in [-0.3, -0.25) is 4.98 Å². The molecule has 6 nitrogen and oxygen atoms in total. The van der Waals surface area contributed by atoms with E-state index in [0.717, 1.165) is 35.3 Å². The quantitative estimate of drug-likeness (QED) is 0.837. The predicted molar refractivity (Wildman–Crippen MR) is 76.8 cm³/mol. The monoisotopic (exact) mass is 284 g/mol. The van der Waals surface area contributed by atoms with Gasteiger partial charge in [-0.25, -0.2) is 14.8 Å². The largest absolute Gasteiger partial charge is 0.464 e. The molecule has 1 aliphatic heterocycles. The summed E-state index contributed by atoms with van der Waals surface area (Å²) in [5.74, 6) is 0.126. The maximum atomic E-state index is 12.0. The molecule has 0 saturated heterocycles. The van der Waals surface area contributed by atoms with Crippen molar-refractivity contribution in [3.8, 4) is 11.4 Å². The van der Waals surface area contributed by atoms with E-state index in [-0.39, 0.29) is 0 Å². The van der Waals surface area contributed by atoms with Gasteiger partial charge in [0.1, 0.15) is 0 Å². The number of nitrogens with zero attached hydrogens (tertiary/aromatic N) is 3. The highest BCUT2D eigenvalue weighted by Crippen LogP contribution is 2.23. The highest BCUT2D eigenvalue weighted by atomic mass is 16.5. The number of fused-ring (bicyclic) bond motifs is 1. The standard InChI is InChI=1S/C15H16N4O2/c1-9-7-16-5-3-10(9)14-18-12-4-6-17-8-11(12)13(19-14)15(20)21-2/h3,5,7,17H,4,6,8H2,1-2H3. The van der Waals surface area contributed by atoms with Crippen LogP contribution in [-0.2, 0) is 17.7 Å². The first-order chi connectivity index (χ1) is 10.2. The minimum Gasteiger partial charge on any atom is -0.464 e. The fourth-order valence-electron chi connectivity index (χ4n) is 2.45. The normalized spacial score (nSPS) is 13.6. The van der Waals surface area contributed by atoms with Crippen LogP contribution in [-0.4, -0.2) is 34.6 Å². The number of methoxy groups -OCH3 is 1. The van der Waals surface area contributed by atoms with Gasteiger partial charge in [0.25, 0.3) is 0 Å². The van der Waals surface area contributed by atoms with E-state index in [1.54, 1.807) is 12.4 Å². The van der Waals surface area contributed by atoms with E-state index in [2.05, 4.69) is 20.3 Å². The zero-order chi connectivity index (χ0) is 14.8. The summed E-state index contributed by atoms with van der Waals surface area (Å²) in [7, 11) is 1.37.